The molecule has 2 nitrogen and oxygen atoms in total. The molecule has 0 atom stereocenters. The minimum atomic E-state index is 0.847. The van der Waals surface area contributed by atoms with Gasteiger partial charge in [-0.25, -0.2) is 0 Å². The van der Waals surface area contributed by atoms with E-state index >= 15 is 0 Å². The van der Waals surface area contributed by atoms with E-state index in [0.717, 1.165) is 18.7 Å². The standard InChI is InChI=1S/C19H24N2/c20-18-12-10-16(11-13-18)6-5-15-21-14-4-3-8-17-7-1-2-9-19(17)21/h1-2,7,9-13H,3-6,8,14-15,20H2. The Morgan fingerprint density at radius 3 is 2.62 bits per heavy atom. The molecular weight excluding hydrogens is 256 g/mol. The first-order chi connectivity index (χ1) is 10.3. The number of nitrogen functional groups attached to an aromatic ring is 1. The van der Waals surface area contributed by atoms with E-state index in [9.17, 15) is 0 Å². The molecule has 1 heterocycles. The molecule has 0 saturated heterocycles. The zero-order valence-electron chi connectivity index (χ0n) is 12.6. The lowest BCUT2D eigenvalue weighted by Gasteiger charge is -2.25. The highest BCUT2D eigenvalue weighted by Crippen LogP contribution is 2.26. The first-order valence-electron chi connectivity index (χ1n) is 8.00. The van der Waals surface area contributed by atoms with Crippen LogP contribution in [0.4, 0.5) is 11.4 Å². The van der Waals surface area contributed by atoms with Crippen molar-refractivity contribution < 1.29 is 0 Å². The molecule has 0 spiro atoms. The van der Waals surface area contributed by atoms with Crippen molar-refractivity contribution in [1.82, 2.24) is 0 Å². The van der Waals surface area contributed by atoms with Gasteiger partial charge >= 0.3 is 0 Å². The zero-order valence-corrected chi connectivity index (χ0v) is 12.6. The van der Waals surface area contributed by atoms with Crippen molar-refractivity contribution in [2.75, 3.05) is 23.7 Å². The summed E-state index contributed by atoms with van der Waals surface area (Å²) in [5, 5.41) is 0. The number of benzene rings is 2. The lowest BCUT2D eigenvalue weighted by Crippen LogP contribution is -2.25. The first-order valence-corrected chi connectivity index (χ1v) is 8.00. The maximum Gasteiger partial charge on any atom is 0.0398 e. The van der Waals surface area contributed by atoms with E-state index in [1.165, 1.54) is 49.0 Å². The molecule has 0 saturated carbocycles. The normalized spacial score (nSPS) is 14.6. The fraction of sp³-hybridized carbons (Fsp3) is 0.368. The van der Waals surface area contributed by atoms with E-state index in [4.69, 9.17) is 5.73 Å². The average molecular weight is 280 g/mol. The summed E-state index contributed by atoms with van der Waals surface area (Å²) in [4.78, 5) is 2.57. The summed E-state index contributed by atoms with van der Waals surface area (Å²) in [5.41, 5.74) is 10.9. The largest absolute Gasteiger partial charge is 0.399 e. The molecule has 110 valence electrons. The monoisotopic (exact) mass is 280 g/mol. The van der Waals surface area contributed by atoms with Crippen molar-refractivity contribution in [3.05, 3.63) is 59.7 Å². The molecule has 2 N–H and O–H groups in total. The molecule has 1 aliphatic rings. The van der Waals surface area contributed by atoms with E-state index in [-0.39, 0.29) is 0 Å². The van der Waals surface area contributed by atoms with Gasteiger partial charge in [-0.05, 0) is 61.4 Å². The molecule has 1 aliphatic heterocycles. The molecular formula is C19H24N2. The van der Waals surface area contributed by atoms with Gasteiger partial charge in [0, 0.05) is 24.5 Å². The maximum atomic E-state index is 5.73. The molecule has 2 heteroatoms. The van der Waals surface area contributed by atoms with Crippen LogP contribution in [0, 0.1) is 0 Å². The van der Waals surface area contributed by atoms with Crippen LogP contribution in [0.25, 0.3) is 0 Å². The van der Waals surface area contributed by atoms with Crippen LogP contribution in [0.15, 0.2) is 48.5 Å². The summed E-state index contributed by atoms with van der Waals surface area (Å²) in [6, 6.07) is 17.2. The van der Waals surface area contributed by atoms with E-state index in [2.05, 4.69) is 41.3 Å². The van der Waals surface area contributed by atoms with Crippen molar-refractivity contribution in [2.24, 2.45) is 0 Å². The number of anilines is 2. The molecule has 0 unspecified atom stereocenters. The van der Waals surface area contributed by atoms with Gasteiger partial charge < -0.3 is 10.6 Å². The van der Waals surface area contributed by atoms with Crippen LogP contribution in [0.3, 0.4) is 0 Å². The smallest absolute Gasteiger partial charge is 0.0398 e. The predicted molar refractivity (Wildman–Crippen MR) is 90.8 cm³/mol. The molecule has 3 rings (SSSR count). The van der Waals surface area contributed by atoms with Gasteiger partial charge in [-0.15, -0.1) is 0 Å². The second-order valence-electron chi connectivity index (χ2n) is 5.92. The minimum Gasteiger partial charge on any atom is -0.399 e. The van der Waals surface area contributed by atoms with Crippen LogP contribution in [0.5, 0.6) is 0 Å². The SMILES string of the molecule is Nc1ccc(CCCN2CCCCc3ccccc32)cc1. The Morgan fingerprint density at radius 2 is 1.76 bits per heavy atom. The zero-order chi connectivity index (χ0) is 14.5. The number of para-hydroxylation sites is 1. The Labute approximate surface area is 127 Å². The number of nitrogens with two attached hydrogens (primary N) is 1. The third-order valence-electron chi connectivity index (χ3n) is 4.33. The number of hydrogen-bond donors (Lipinski definition) is 1. The van der Waals surface area contributed by atoms with Crippen molar-refractivity contribution >= 4 is 11.4 Å². The van der Waals surface area contributed by atoms with Crippen molar-refractivity contribution in [3.63, 3.8) is 0 Å². The molecule has 0 fully saturated rings. The van der Waals surface area contributed by atoms with Gasteiger partial charge in [0.1, 0.15) is 0 Å². The summed E-state index contributed by atoms with van der Waals surface area (Å²) in [5.74, 6) is 0. The molecule has 0 aliphatic carbocycles. The van der Waals surface area contributed by atoms with Gasteiger partial charge in [0.2, 0.25) is 0 Å². The van der Waals surface area contributed by atoms with Crippen LogP contribution in [0.2, 0.25) is 0 Å². The molecule has 21 heavy (non-hydrogen) atoms. The number of fused-ring (bicyclic) bond motifs is 1. The lowest BCUT2D eigenvalue weighted by atomic mass is 10.1. The molecule has 0 aromatic heterocycles. The Balaban J connectivity index is 1.61. The Morgan fingerprint density at radius 1 is 0.952 bits per heavy atom. The summed E-state index contributed by atoms with van der Waals surface area (Å²) in [6.07, 6.45) is 6.16. The highest BCUT2D eigenvalue weighted by atomic mass is 15.1. The van der Waals surface area contributed by atoms with Gasteiger partial charge in [-0.3, -0.25) is 0 Å². The van der Waals surface area contributed by atoms with Crippen molar-refractivity contribution in [3.8, 4) is 0 Å². The predicted octanol–water partition coefficient (Wildman–Crippen LogP) is 4.04. The summed E-state index contributed by atoms with van der Waals surface area (Å²) >= 11 is 0. The molecule has 2 aromatic carbocycles. The van der Waals surface area contributed by atoms with Gasteiger partial charge in [-0.1, -0.05) is 30.3 Å². The second-order valence-corrected chi connectivity index (χ2v) is 5.92. The fourth-order valence-electron chi connectivity index (χ4n) is 3.16. The summed E-state index contributed by atoms with van der Waals surface area (Å²) in [7, 11) is 0. The Kier molecular flexibility index (Phi) is 4.44. The van der Waals surface area contributed by atoms with E-state index in [1.54, 1.807) is 0 Å². The average Bonchev–Trinajstić information content (AvgIpc) is 2.72. The van der Waals surface area contributed by atoms with Gasteiger partial charge in [0.15, 0.2) is 0 Å². The molecule has 2 aromatic rings. The number of hydrogen-bond acceptors (Lipinski definition) is 2. The van der Waals surface area contributed by atoms with Gasteiger partial charge in [0.05, 0.1) is 0 Å². The van der Waals surface area contributed by atoms with E-state index in [0.29, 0.717) is 0 Å². The van der Waals surface area contributed by atoms with Crippen LogP contribution >= 0.6 is 0 Å². The topological polar surface area (TPSA) is 29.3 Å². The van der Waals surface area contributed by atoms with E-state index in [1.807, 2.05) is 12.1 Å². The summed E-state index contributed by atoms with van der Waals surface area (Å²) in [6.45, 7) is 2.33. The third kappa shape index (κ3) is 3.57. The third-order valence-corrected chi connectivity index (χ3v) is 4.33. The van der Waals surface area contributed by atoms with Crippen LogP contribution in [-0.4, -0.2) is 13.1 Å². The highest BCUT2D eigenvalue weighted by molar-refractivity contribution is 5.54. The van der Waals surface area contributed by atoms with Gasteiger partial charge in [-0.2, -0.15) is 0 Å². The van der Waals surface area contributed by atoms with Crippen LogP contribution in [-0.2, 0) is 12.8 Å². The lowest BCUT2D eigenvalue weighted by molar-refractivity contribution is 0.688. The van der Waals surface area contributed by atoms with Crippen LogP contribution < -0.4 is 10.6 Å². The van der Waals surface area contributed by atoms with Gasteiger partial charge in [0.25, 0.3) is 0 Å². The quantitative estimate of drug-likeness (QED) is 0.856. The van der Waals surface area contributed by atoms with Crippen molar-refractivity contribution in [2.45, 2.75) is 32.1 Å². The number of aryl methyl sites for hydroxylation is 2. The Bertz CT molecular complexity index is 574. The second kappa shape index (κ2) is 6.66. The maximum absolute atomic E-state index is 5.73. The van der Waals surface area contributed by atoms with E-state index < -0.39 is 0 Å². The van der Waals surface area contributed by atoms with Crippen molar-refractivity contribution in [1.29, 1.82) is 0 Å². The number of rotatable bonds is 4. The molecule has 0 bridgehead atoms. The Hall–Kier alpha value is -1.96. The summed E-state index contributed by atoms with van der Waals surface area (Å²) < 4.78 is 0. The highest BCUT2D eigenvalue weighted by Gasteiger charge is 2.13. The minimum absolute atomic E-state index is 0.847. The fourth-order valence-corrected chi connectivity index (χ4v) is 3.16. The molecule has 0 amide bonds. The number of nitrogens with zero attached hydrogens (tertiary/aromatic N) is 1. The molecule has 0 radical (unpaired) electrons. The van der Waals surface area contributed by atoms with Crippen LogP contribution in [0.1, 0.15) is 30.4 Å². The first kappa shape index (κ1) is 14.0.